The second-order valence-electron chi connectivity index (χ2n) is 7.30. The number of nitro groups is 2. The van der Waals surface area contributed by atoms with Crippen LogP contribution in [0.3, 0.4) is 0 Å². The van der Waals surface area contributed by atoms with E-state index in [4.69, 9.17) is 28.6 Å². The lowest BCUT2D eigenvalue weighted by atomic mass is 10.2. The van der Waals surface area contributed by atoms with Crippen molar-refractivity contribution in [3.8, 4) is 11.5 Å². The lowest BCUT2D eigenvalue weighted by Crippen LogP contribution is -2.44. The molecule has 1 aliphatic rings. The van der Waals surface area contributed by atoms with Crippen molar-refractivity contribution in [1.82, 2.24) is 10.4 Å². The van der Waals surface area contributed by atoms with Gasteiger partial charge in [-0.3, -0.25) is 35.2 Å². The third-order valence-corrected chi connectivity index (χ3v) is 6.42. The molecular formula is C23H13ClN4O7S2. The van der Waals surface area contributed by atoms with Gasteiger partial charge in [0.25, 0.3) is 17.5 Å². The van der Waals surface area contributed by atoms with E-state index in [0.717, 1.165) is 35.0 Å². The maximum atomic E-state index is 12.8. The van der Waals surface area contributed by atoms with E-state index in [0.29, 0.717) is 16.1 Å². The zero-order valence-electron chi connectivity index (χ0n) is 18.3. The molecule has 0 aromatic heterocycles. The summed E-state index contributed by atoms with van der Waals surface area (Å²) in [7, 11) is 0. The van der Waals surface area contributed by atoms with Crippen molar-refractivity contribution in [3.63, 3.8) is 0 Å². The van der Waals surface area contributed by atoms with Gasteiger partial charge in [-0.2, -0.15) is 5.01 Å². The van der Waals surface area contributed by atoms with E-state index in [1.165, 1.54) is 24.3 Å². The SMILES string of the molecule is O=C(NN1C(=O)/C(=C\c2ccc(Oc3ccc([N+](=O)[O-])cc3[N+](=O)[O-])cc2)SC1=S)c1ccc(Cl)cc1. The largest absolute Gasteiger partial charge is 0.450 e. The molecule has 0 bridgehead atoms. The average molecular weight is 557 g/mol. The second kappa shape index (κ2) is 10.7. The molecule has 4 rings (SSSR count). The Hall–Kier alpha value is -4.33. The predicted molar refractivity (Wildman–Crippen MR) is 140 cm³/mol. The first-order chi connectivity index (χ1) is 17.6. The Morgan fingerprint density at radius 3 is 2.32 bits per heavy atom. The van der Waals surface area contributed by atoms with Gasteiger partial charge < -0.3 is 4.74 Å². The van der Waals surface area contributed by atoms with Crippen molar-refractivity contribution >= 4 is 69.2 Å². The number of hydrogen-bond acceptors (Lipinski definition) is 9. The Labute approximate surface area is 222 Å². The number of hydrogen-bond donors (Lipinski definition) is 1. The Kier molecular flexibility index (Phi) is 7.47. The Morgan fingerprint density at radius 2 is 1.70 bits per heavy atom. The number of hydrazine groups is 1. The third-order valence-electron chi connectivity index (χ3n) is 4.87. The summed E-state index contributed by atoms with van der Waals surface area (Å²) in [6.07, 6.45) is 1.56. The number of carbonyl (C=O) groups is 2. The van der Waals surface area contributed by atoms with E-state index >= 15 is 0 Å². The van der Waals surface area contributed by atoms with Crippen LogP contribution in [0.25, 0.3) is 6.08 Å². The summed E-state index contributed by atoms with van der Waals surface area (Å²) in [6.45, 7) is 0. The minimum atomic E-state index is -0.773. The number of ether oxygens (including phenoxy) is 1. The number of thiocarbonyl (C=S) groups is 1. The second-order valence-corrected chi connectivity index (χ2v) is 9.41. The van der Waals surface area contributed by atoms with Crippen LogP contribution in [0.1, 0.15) is 15.9 Å². The molecule has 14 heteroatoms. The zero-order valence-corrected chi connectivity index (χ0v) is 20.7. The van der Waals surface area contributed by atoms with Crippen molar-refractivity contribution in [2.45, 2.75) is 0 Å². The first kappa shape index (κ1) is 25.8. The monoisotopic (exact) mass is 556 g/mol. The number of thioether (sulfide) groups is 1. The fourth-order valence-electron chi connectivity index (χ4n) is 3.09. The molecule has 1 aliphatic heterocycles. The maximum absolute atomic E-state index is 12.8. The van der Waals surface area contributed by atoms with Crippen molar-refractivity contribution in [1.29, 1.82) is 0 Å². The number of non-ortho nitro benzene ring substituents is 1. The smallest absolute Gasteiger partial charge is 0.318 e. The lowest BCUT2D eigenvalue weighted by molar-refractivity contribution is -0.394. The van der Waals surface area contributed by atoms with Crippen LogP contribution >= 0.6 is 35.6 Å². The van der Waals surface area contributed by atoms with Crippen LogP contribution in [0, 0.1) is 20.2 Å². The Morgan fingerprint density at radius 1 is 1.03 bits per heavy atom. The molecule has 1 saturated heterocycles. The van der Waals surface area contributed by atoms with Crippen molar-refractivity contribution in [2.75, 3.05) is 0 Å². The van der Waals surface area contributed by atoms with Crippen molar-refractivity contribution in [2.24, 2.45) is 0 Å². The Bertz CT molecular complexity index is 1480. The van der Waals surface area contributed by atoms with Gasteiger partial charge >= 0.3 is 5.69 Å². The summed E-state index contributed by atoms with van der Waals surface area (Å²) in [6, 6.07) is 15.4. The van der Waals surface area contributed by atoms with Gasteiger partial charge in [0.1, 0.15) is 5.75 Å². The Balaban J connectivity index is 1.47. The quantitative estimate of drug-likeness (QED) is 0.173. The molecule has 1 heterocycles. The molecule has 0 unspecified atom stereocenters. The van der Waals surface area contributed by atoms with E-state index < -0.39 is 33.0 Å². The van der Waals surface area contributed by atoms with Gasteiger partial charge in [0.2, 0.25) is 5.75 Å². The molecule has 0 spiro atoms. The molecule has 1 N–H and O–H groups in total. The standard InChI is InChI=1S/C23H13ClN4O7S2/c24-15-5-3-14(4-6-15)21(29)25-26-22(30)20(37-23(26)36)11-13-1-8-17(9-2-13)35-19-10-7-16(27(31)32)12-18(19)28(33)34/h1-12H,(H,25,29)/b20-11+. The van der Waals surface area contributed by atoms with E-state index in [9.17, 15) is 29.8 Å². The zero-order chi connectivity index (χ0) is 26.7. The fourth-order valence-corrected chi connectivity index (χ4v) is 4.40. The molecule has 0 atom stereocenters. The fraction of sp³-hybridized carbons (Fsp3) is 0. The molecule has 3 aromatic carbocycles. The van der Waals surface area contributed by atoms with Crippen molar-refractivity contribution < 1.29 is 24.2 Å². The highest BCUT2D eigenvalue weighted by Gasteiger charge is 2.33. The molecule has 1 fully saturated rings. The van der Waals surface area contributed by atoms with Crippen LogP contribution in [0.4, 0.5) is 11.4 Å². The highest BCUT2D eigenvalue weighted by atomic mass is 35.5. The lowest BCUT2D eigenvalue weighted by Gasteiger charge is -2.15. The highest BCUT2D eigenvalue weighted by molar-refractivity contribution is 8.26. The van der Waals surface area contributed by atoms with Crippen LogP contribution < -0.4 is 10.2 Å². The molecule has 3 aromatic rings. The summed E-state index contributed by atoms with van der Waals surface area (Å²) in [4.78, 5) is 46.2. The molecule has 2 amide bonds. The number of rotatable bonds is 7. The number of carbonyl (C=O) groups excluding carboxylic acids is 2. The summed E-state index contributed by atoms with van der Waals surface area (Å²) in [5.74, 6) is -0.979. The van der Waals surface area contributed by atoms with Crippen LogP contribution in [-0.2, 0) is 4.79 Å². The number of nitrogens with one attached hydrogen (secondary N) is 1. The first-order valence-electron chi connectivity index (χ1n) is 10.2. The minimum absolute atomic E-state index is 0.143. The van der Waals surface area contributed by atoms with E-state index in [1.807, 2.05) is 0 Å². The summed E-state index contributed by atoms with van der Waals surface area (Å²) in [5.41, 5.74) is 2.38. The maximum Gasteiger partial charge on any atom is 0.318 e. The molecular weight excluding hydrogens is 544 g/mol. The highest BCUT2D eigenvalue weighted by Crippen LogP contribution is 2.35. The van der Waals surface area contributed by atoms with Gasteiger partial charge in [-0.1, -0.05) is 35.5 Å². The molecule has 0 radical (unpaired) electrons. The summed E-state index contributed by atoms with van der Waals surface area (Å²) in [5, 5.41) is 23.6. The molecule has 37 heavy (non-hydrogen) atoms. The number of nitrogens with zero attached hydrogens (tertiary/aromatic N) is 3. The third kappa shape index (κ3) is 5.91. The number of halogens is 1. The molecule has 186 valence electrons. The minimum Gasteiger partial charge on any atom is -0.450 e. The average Bonchev–Trinajstić information content (AvgIpc) is 3.12. The molecule has 11 nitrogen and oxygen atoms in total. The van der Waals surface area contributed by atoms with Crippen molar-refractivity contribution in [3.05, 3.63) is 108 Å². The van der Waals surface area contributed by atoms with Gasteiger partial charge in [-0.25, -0.2) is 0 Å². The molecule has 0 saturated carbocycles. The topological polar surface area (TPSA) is 145 Å². The summed E-state index contributed by atoms with van der Waals surface area (Å²) < 4.78 is 5.68. The van der Waals surface area contributed by atoms with Crippen LogP contribution in [0.15, 0.2) is 71.6 Å². The van der Waals surface area contributed by atoms with E-state index in [-0.39, 0.29) is 20.7 Å². The van der Waals surface area contributed by atoms with E-state index in [2.05, 4.69) is 5.43 Å². The predicted octanol–water partition coefficient (Wildman–Crippen LogP) is 5.49. The van der Waals surface area contributed by atoms with Gasteiger partial charge in [0, 0.05) is 16.7 Å². The van der Waals surface area contributed by atoms with Crippen LogP contribution in [-0.4, -0.2) is 31.0 Å². The van der Waals surface area contributed by atoms with Gasteiger partial charge in [0.05, 0.1) is 20.8 Å². The van der Waals surface area contributed by atoms with Gasteiger partial charge in [-0.05, 0) is 66.3 Å². The number of benzene rings is 3. The number of nitro benzene ring substituents is 2. The van der Waals surface area contributed by atoms with Crippen LogP contribution in [0.5, 0.6) is 11.5 Å². The first-order valence-corrected chi connectivity index (χ1v) is 11.8. The van der Waals surface area contributed by atoms with Crippen LogP contribution in [0.2, 0.25) is 5.02 Å². The van der Waals surface area contributed by atoms with Gasteiger partial charge in [0.15, 0.2) is 4.32 Å². The number of amides is 2. The molecule has 0 aliphatic carbocycles. The summed E-state index contributed by atoms with van der Waals surface area (Å²) >= 11 is 12.1. The van der Waals surface area contributed by atoms with Gasteiger partial charge in [-0.15, -0.1) is 0 Å². The van der Waals surface area contributed by atoms with E-state index in [1.54, 1.807) is 30.3 Å². The normalized spacial score (nSPS) is 14.1.